The third-order valence-electron chi connectivity index (χ3n) is 0.175. The van der Waals surface area contributed by atoms with Crippen LogP contribution in [-0.2, 0) is 4.79 Å². The third-order valence-corrected chi connectivity index (χ3v) is 0.175. The van der Waals surface area contributed by atoms with Gasteiger partial charge in [0, 0.05) is 6.08 Å². The van der Waals surface area contributed by atoms with E-state index in [2.05, 4.69) is 6.58 Å². The minimum Gasteiger partial charge on any atom is -0.478 e. The highest BCUT2D eigenvalue weighted by Gasteiger charge is 1.73. The lowest BCUT2D eigenvalue weighted by atomic mass is 10.7. The van der Waals surface area contributed by atoms with Crippen LogP contribution in [0.15, 0.2) is 12.7 Å². The molecule has 0 aliphatic carbocycles. The fraction of sp³-hybridized carbons (Fsp3) is 0. The number of carboxylic acid groups (broad SMARTS) is 1. The summed E-state index contributed by atoms with van der Waals surface area (Å²) in [5.74, 6) is -0.981. The van der Waals surface area contributed by atoms with Crippen LogP contribution in [-0.4, -0.2) is 26.0 Å². The minimum absolute atomic E-state index is 0.833. The number of carbonyl (C=O) groups is 1. The average molecular weight is 138 g/mol. The molecule has 0 aromatic heterocycles. The van der Waals surface area contributed by atoms with Gasteiger partial charge in [-0.2, -0.15) is 0 Å². The highest BCUT2D eigenvalue weighted by Crippen LogP contribution is 1.54. The Morgan fingerprint density at radius 1 is 1.88 bits per heavy atom. The van der Waals surface area contributed by atoms with Gasteiger partial charge in [0.1, 0.15) is 0 Å². The van der Waals surface area contributed by atoms with Gasteiger partial charge in [0.25, 0.3) is 0 Å². The predicted molar refractivity (Wildman–Crippen MR) is 29.7 cm³/mol. The van der Waals surface area contributed by atoms with E-state index in [0.717, 1.165) is 6.08 Å². The van der Waals surface area contributed by atoms with E-state index < -0.39 is 16.1 Å². The van der Waals surface area contributed by atoms with Gasteiger partial charge in [0.15, 0.2) is 0 Å². The summed E-state index contributed by atoms with van der Waals surface area (Å²) in [6.07, 6.45) is 0.833. The molecule has 0 bridgehead atoms. The van der Waals surface area contributed by atoms with Crippen molar-refractivity contribution in [2.45, 2.75) is 0 Å². The number of hydrogen-bond donors (Lipinski definition) is 2. The molecule has 0 aliphatic heterocycles. The van der Waals surface area contributed by atoms with E-state index in [4.69, 9.17) is 9.90 Å². The summed E-state index contributed by atoms with van der Waals surface area (Å²) in [7, 11) is -2.08. The Bertz CT molecular complexity index is 74.9. The van der Waals surface area contributed by atoms with Gasteiger partial charge in [-0.05, 0) is 0 Å². The van der Waals surface area contributed by atoms with Gasteiger partial charge in [-0.25, -0.2) is 4.79 Å². The molecule has 0 unspecified atom stereocenters. The predicted octanol–water partition coefficient (Wildman–Crippen LogP) is -0.796. The highest BCUT2D eigenvalue weighted by molar-refractivity contribution is 6.14. The van der Waals surface area contributed by atoms with Crippen molar-refractivity contribution in [3.05, 3.63) is 12.7 Å². The van der Waals surface area contributed by atoms with Crippen molar-refractivity contribution in [2.75, 3.05) is 0 Å². The Morgan fingerprint density at radius 3 is 2.00 bits per heavy atom. The van der Waals surface area contributed by atoms with Crippen molar-refractivity contribution in [3.8, 4) is 0 Å². The van der Waals surface area contributed by atoms with E-state index in [1.54, 1.807) is 0 Å². The van der Waals surface area contributed by atoms with Crippen LogP contribution in [0.25, 0.3) is 0 Å². The van der Waals surface area contributed by atoms with E-state index in [0.29, 0.717) is 0 Å². The second kappa shape index (κ2) is 9.58. The number of hydrogen-bond acceptors (Lipinski definition) is 2. The summed E-state index contributed by atoms with van der Waals surface area (Å²) < 4.78 is 9.99. The Labute approximate surface area is 48.6 Å². The molecule has 0 fully saturated rings. The molecule has 0 aromatic carbocycles. The molecular weight excluding hydrogens is 131 g/mol. The summed E-state index contributed by atoms with van der Waals surface area (Å²) in [6.45, 7) is 2.96. The minimum atomic E-state index is -2.08. The van der Waals surface area contributed by atoms with E-state index in [9.17, 15) is 8.90 Å². The zero-order valence-corrected chi connectivity index (χ0v) is 5.59. The molecule has 0 amide bonds. The van der Waals surface area contributed by atoms with Crippen molar-refractivity contribution < 1.29 is 18.8 Å². The van der Waals surface area contributed by atoms with Crippen LogP contribution in [0.2, 0.25) is 0 Å². The van der Waals surface area contributed by atoms with Gasteiger partial charge in [-0.1, -0.05) is 6.58 Å². The van der Waals surface area contributed by atoms with E-state index in [1.165, 1.54) is 0 Å². The molecule has 0 saturated carbocycles. The van der Waals surface area contributed by atoms with Gasteiger partial charge in [-0.15, -0.1) is 0 Å². The molecule has 0 rings (SSSR count). The molecule has 48 valence electrons. The summed E-state index contributed by atoms with van der Waals surface area (Å²) in [5, 5.41) is 7.60. The van der Waals surface area contributed by atoms with Crippen molar-refractivity contribution >= 4 is 16.1 Å². The zero-order valence-electron chi connectivity index (χ0n) is 4.17. The van der Waals surface area contributed by atoms with E-state index in [1.807, 2.05) is 0 Å². The van der Waals surface area contributed by atoms with Crippen LogP contribution in [0.1, 0.15) is 0 Å². The first-order valence-electron chi connectivity index (χ1n) is 1.71. The summed E-state index contributed by atoms with van der Waals surface area (Å²) in [6, 6.07) is 0. The number of aliphatic carboxylic acids is 1. The maximum Gasteiger partial charge on any atom is 0.350 e. The molecule has 8 heavy (non-hydrogen) atoms. The normalized spacial score (nSPS) is 7.75. The number of rotatable bonds is 1. The van der Waals surface area contributed by atoms with E-state index in [-0.39, 0.29) is 0 Å². The van der Waals surface area contributed by atoms with Gasteiger partial charge < -0.3 is 9.90 Å². The van der Waals surface area contributed by atoms with Crippen molar-refractivity contribution in [2.24, 2.45) is 0 Å². The monoisotopic (exact) mass is 138 g/mol. The molecule has 3 nitrogen and oxygen atoms in total. The molecule has 0 heterocycles. The summed E-state index contributed by atoms with van der Waals surface area (Å²) in [4.78, 5) is 16.3. The van der Waals surface area contributed by atoms with Crippen LogP contribution in [0.5, 0.6) is 0 Å². The fourth-order valence-corrected chi connectivity index (χ4v) is 0. The first-order chi connectivity index (χ1) is 3.68. The first kappa shape index (κ1) is 10.3. The maximum absolute atomic E-state index is 9.99. The topological polar surface area (TPSA) is 57.5 Å². The lowest BCUT2D eigenvalue weighted by Crippen LogP contribution is -1.82. The molecule has 0 spiro atoms. The number of carboxylic acids is 1. The van der Waals surface area contributed by atoms with Gasteiger partial charge in [0.05, 0.1) is 0 Å². The second-order valence-corrected chi connectivity index (χ2v) is 0.901. The Balaban J connectivity index is 0. The third kappa shape index (κ3) is 57.1. The molecular formula is C3H7FO3Si. The molecule has 0 aliphatic rings. The second-order valence-electron chi connectivity index (χ2n) is 0.662. The molecule has 0 saturated heterocycles. The maximum atomic E-state index is 9.99. The molecule has 2 N–H and O–H groups in total. The SMILES string of the molecule is C=CC(=O)O.O[SiH2]F. The molecule has 0 atom stereocenters. The number of halogens is 1. The lowest BCUT2D eigenvalue weighted by Gasteiger charge is -1.64. The van der Waals surface area contributed by atoms with Gasteiger partial charge in [-0.3, -0.25) is 4.11 Å². The molecule has 5 heteroatoms. The lowest BCUT2D eigenvalue weighted by molar-refractivity contribution is -0.131. The largest absolute Gasteiger partial charge is 0.478 e. The zero-order chi connectivity index (χ0) is 6.99. The Hall–Kier alpha value is -0.683. The molecule has 0 aromatic rings. The Morgan fingerprint density at radius 2 is 2.00 bits per heavy atom. The first-order valence-corrected chi connectivity index (χ1v) is 2.88. The van der Waals surface area contributed by atoms with Gasteiger partial charge in [0.2, 0.25) is 0 Å². The van der Waals surface area contributed by atoms with Crippen LogP contribution in [0.3, 0.4) is 0 Å². The Kier molecular flexibility index (Phi) is 12.4. The van der Waals surface area contributed by atoms with Crippen LogP contribution < -0.4 is 0 Å². The highest BCUT2D eigenvalue weighted by atomic mass is 28.3. The van der Waals surface area contributed by atoms with Crippen molar-refractivity contribution in [1.29, 1.82) is 0 Å². The van der Waals surface area contributed by atoms with Crippen LogP contribution in [0, 0.1) is 0 Å². The average Bonchev–Trinajstić information content (AvgIpc) is 1.69. The summed E-state index contributed by atoms with van der Waals surface area (Å²) in [5.41, 5.74) is 0. The molecule has 0 radical (unpaired) electrons. The smallest absolute Gasteiger partial charge is 0.350 e. The van der Waals surface area contributed by atoms with Crippen molar-refractivity contribution in [3.63, 3.8) is 0 Å². The van der Waals surface area contributed by atoms with Gasteiger partial charge >= 0.3 is 16.1 Å². The van der Waals surface area contributed by atoms with Crippen LogP contribution >= 0.6 is 0 Å². The fourth-order valence-electron chi connectivity index (χ4n) is 0. The summed E-state index contributed by atoms with van der Waals surface area (Å²) >= 11 is 0. The standard InChI is InChI=1S/C3H4O2.FH3OSi/c1-2-3(4)5;1-3-2/h2H,1H2,(H,4,5);2H,3H2. The van der Waals surface area contributed by atoms with Crippen LogP contribution in [0.4, 0.5) is 4.11 Å². The van der Waals surface area contributed by atoms with Crippen molar-refractivity contribution in [1.82, 2.24) is 0 Å². The van der Waals surface area contributed by atoms with E-state index >= 15 is 0 Å². The quantitative estimate of drug-likeness (QED) is 0.283.